The number of amides is 1. The zero-order valence-electron chi connectivity index (χ0n) is 12.2. The molecule has 1 unspecified atom stereocenters. The number of likely N-dealkylation sites (N-methyl/N-ethyl adjacent to an activating group) is 1. The van der Waals surface area contributed by atoms with Gasteiger partial charge in [-0.15, -0.1) is 0 Å². The van der Waals surface area contributed by atoms with Gasteiger partial charge in [0.05, 0.1) is 6.61 Å². The van der Waals surface area contributed by atoms with Crippen molar-refractivity contribution < 1.29 is 19.4 Å². The van der Waals surface area contributed by atoms with Crippen LogP contribution in [0.25, 0.3) is 0 Å². The molecule has 18 heavy (non-hydrogen) atoms. The molecule has 106 valence electrons. The van der Waals surface area contributed by atoms with Gasteiger partial charge in [-0.25, -0.2) is 9.59 Å². The number of carbonyl (C=O) groups excluding carboxylic acids is 1. The van der Waals surface area contributed by atoms with Gasteiger partial charge in [0.1, 0.15) is 6.04 Å². The Bertz CT molecular complexity index is 299. The summed E-state index contributed by atoms with van der Waals surface area (Å²) < 4.78 is 5.12. The zero-order valence-corrected chi connectivity index (χ0v) is 13.2. The van der Waals surface area contributed by atoms with Crippen LogP contribution in [0.5, 0.6) is 0 Å². The maximum Gasteiger partial charge on any atom is 0.410 e. The molecule has 0 fully saturated rings. The molecule has 0 bridgehead atoms. The van der Waals surface area contributed by atoms with Crippen LogP contribution in [-0.2, 0) is 9.53 Å². The first-order valence-corrected chi connectivity index (χ1v) is 9.89. The molecule has 0 radical (unpaired) electrons. The molecule has 0 aliphatic rings. The molecule has 0 saturated heterocycles. The van der Waals surface area contributed by atoms with E-state index in [-0.39, 0.29) is 5.92 Å². The maximum atomic E-state index is 11.7. The topological polar surface area (TPSA) is 66.8 Å². The number of hydrogen-bond acceptors (Lipinski definition) is 3. The van der Waals surface area contributed by atoms with Crippen molar-refractivity contribution in [1.82, 2.24) is 4.90 Å². The van der Waals surface area contributed by atoms with Gasteiger partial charge in [0.15, 0.2) is 0 Å². The predicted molar refractivity (Wildman–Crippen MR) is 73.5 cm³/mol. The summed E-state index contributed by atoms with van der Waals surface area (Å²) in [6.45, 7) is 10.5. The van der Waals surface area contributed by atoms with Crippen molar-refractivity contribution in [1.29, 1.82) is 0 Å². The average Bonchev–Trinajstić information content (AvgIpc) is 2.13. The molecule has 0 aliphatic carbocycles. The standard InChI is InChI=1S/C12H25NO4Si/c1-9(2)10(11(14)15)13(3)12(16)17-7-8-18(4,5)6/h9-10H,7-8H2,1-6H3,(H,14,15). The van der Waals surface area contributed by atoms with Crippen molar-refractivity contribution in [2.45, 2.75) is 45.6 Å². The van der Waals surface area contributed by atoms with E-state index in [1.165, 1.54) is 7.05 Å². The second-order valence-corrected chi connectivity index (χ2v) is 11.7. The molecule has 0 rings (SSSR count). The van der Waals surface area contributed by atoms with Crippen LogP contribution in [0.2, 0.25) is 25.7 Å². The number of aliphatic carboxylic acids is 1. The first-order valence-electron chi connectivity index (χ1n) is 6.18. The molecule has 0 heterocycles. The van der Waals surface area contributed by atoms with Gasteiger partial charge < -0.3 is 9.84 Å². The fourth-order valence-electron chi connectivity index (χ4n) is 1.56. The number of hydrogen-bond donors (Lipinski definition) is 1. The highest BCUT2D eigenvalue weighted by Crippen LogP contribution is 2.12. The fraction of sp³-hybridized carbons (Fsp3) is 0.833. The van der Waals surface area contributed by atoms with E-state index in [4.69, 9.17) is 9.84 Å². The van der Waals surface area contributed by atoms with E-state index in [1.807, 2.05) is 0 Å². The van der Waals surface area contributed by atoms with Crippen LogP contribution in [0.1, 0.15) is 13.8 Å². The minimum Gasteiger partial charge on any atom is -0.480 e. The molecule has 0 aromatic heterocycles. The van der Waals surface area contributed by atoms with E-state index in [9.17, 15) is 9.59 Å². The monoisotopic (exact) mass is 275 g/mol. The van der Waals surface area contributed by atoms with E-state index in [0.29, 0.717) is 6.61 Å². The van der Waals surface area contributed by atoms with Crippen LogP contribution >= 0.6 is 0 Å². The predicted octanol–water partition coefficient (Wildman–Crippen LogP) is 2.50. The summed E-state index contributed by atoms with van der Waals surface area (Å²) in [5.41, 5.74) is 0. The highest BCUT2D eigenvalue weighted by Gasteiger charge is 2.30. The highest BCUT2D eigenvalue weighted by molar-refractivity contribution is 6.76. The molecule has 0 spiro atoms. The van der Waals surface area contributed by atoms with Gasteiger partial charge in [0.2, 0.25) is 0 Å². The van der Waals surface area contributed by atoms with Crippen molar-refractivity contribution in [3.05, 3.63) is 0 Å². The first kappa shape index (κ1) is 17.0. The first-order chi connectivity index (χ1) is 8.06. The quantitative estimate of drug-likeness (QED) is 0.756. The highest BCUT2D eigenvalue weighted by atomic mass is 28.3. The molecule has 0 aromatic carbocycles. The number of carboxylic acid groups (broad SMARTS) is 1. The van der Waals surface area contributed by atoms with E-state index >= 15 is 0 Å². The van der Waals surface area contributed by atoms with Crippen molar-refractivity contribution in [2.75, 3.05) is 13.7 Å². The van der Waals surface area contributed by atoms with Crippen molar-refractivity contribution in [2.24, 2.45) is 5.92 Å². The third-order valence-corrected chi connectivity index (χ3v) is 4.37. The minimum atomic E-state index is -1.24. The number of carbonyl (C=O) groups is 2. The summed E-state index contributed by atoms with van der Waals surface area (Å²) >= 11 is 0. The molecule has 0 aromatic rings. The molecule has 0 saturated carbocycles. The summed E-state index contributed by atoms with van der Waals surface area (Å²) in [6.07, 6.45) is -0.561. The summed E-state index contributed by atoms with van der Waals surface area (Å²) in [5.74, 6) is -1.16. The lowest BCUT2D eigenvalue weighted by Crippen LogP contribution is -2.46. The molecule has 5 nitrogen and oxygen atoms in total. The smallest absolute Gasteiger partial charge is 0.410 e. The number of carboxylic acids is 1. The van der Waals surface area contributed by atoms with Crippen LogP contribution in [0.4, 0.5) is 4.79 Å². The van der Waals surface area contributed by atoms with E-state index in [0.717, 1.165) is 10.9 Å². The van der Waals surface area contributed by atoms with Crippen LogP contribution in [0.15, 0.2) is 0 Å². The Balaban J connectivity index is 4.37. The maximum absolute atomic E-state index is 11.7. The SMILES string of the molecule is CC(C)C(C(=O)O)N(C)C(=O)OCC[Si](C)(C)C. The lowest BCUT2D eigenvalue weighted by atomic mass is 10.0. The number of nitrogens with zero attached hydrogens (tertiary/aromatic N) is 1. The Morgan fingerprint density at radius 3 is 2.11 bits per heavy atom. The summed E-state index contributed by atoms with van der Waals surface area (Å²) in [6, 6.07) is 0.0378. The van der Waals surface area contributed by atoms with Crippen LogP contribution < -0.4 is 0 Å². The molecular weight excluding hydrogens is 250 g/mol. The summed E-state index contributed by atoms with van der Waals surface area (Å²) in [7, 11) is 0.226. The lowest BCUT2D eigenvalue weighted by molar-refractivity contribution is -0.143. The van der Waals surface area contributed by atoms with E-state index in [1.54, 1.807) is 13.8 Å². The third-order valence-electron chi connectivity index (χ3n) is 2.67. The number of ether oxygens (including phenoxy) is 1. The third kappa shape index (κ3) is 6.04. The van der Waals surface area contributed by atoms with Crippen molar-refractivity contribution in [3.8, 4) is 0 Å². The van der Waals surface area contributed by atoms with Crippen molar-refractivity contribution in [3.63, 3.8) is 0 Å². The summed E-state index contributed by atoms with van der Waals surface area (Å²) in [5, 5.41) is 9.08. The number of rotatable bonds is 6. The minimum absolute atomic E-state index is 0.156. The fourth-order valence-corrected chi connectivity index (χ4v) is 2.27. The second kappa shape index (κ2) is 6.77. The molecule has 1 atom stereocenters. The molecule has 1 N–H and O–H groups in total. The van der Waals surface area contributed by atoms with Gasteiger partial charge in [-0.3, -0.25) is 4.90 Å². The Kier molecular flexibility index (Phi) is 6.38. The Labute approximate surface area is 110 Å². The average molecular weight is 275 g/mol. The molecule has 6 heteroatoms. The van der Waals surface area contributed by atoms with E-state index < -0.39 is 26.2 Å². The van der Waals surface area contributed by atoms with Crippen LogP contribution in [0.3, 0.4) is 0 Å². The Morgan fingerprint density at radius 1 is 1.28 bits per heavy atom. The largest absolute Gasteiger partial charge is 0.480 e. The van der Waals surface area contributed by atoms with E-state index in [2.05, 4.69) is 19.6 Å². The van der Waals surface area contributed by atoms with Gasteiger partial charge in [0, 0.05) is 15.1 Å². The second-order valence-electron chi connectivity index (χ2n) is 6.06. The van der Waals surface area contributed by atoms with Gasteiger partial charge >= 0.3 is 12.1 Å². The van der Waals surface area contributed by atoms with Gasteiger partial charge in [-0.05, 0) is 12.0 Å². The molecular formula is C12H25NO4Si. The van der Waals surface area contributed by atoms with Gasteiger partial charge in [-0.1, -0.05) is 33.5 Å². The molecule has 0 aliphatic heterocycles. The Morgan fingerprint density at radius 2 is 1.78 bits per heavy atom. The summed E-state index contributed by atoms with van der Waals surface area (Å²) in [4.78, 5) is 24.0. The van der Waals surface area contributed by atoms with Crippen LogP contribution in [0, 0.1) is 5.92 Å². The molecule has 1 amide bonds. The Hall–Kier alpha value is -1.04. The van der Waals surface area contributed by atoms with Gasteiger partial charge in [-0.2, -0.15) is 0 Å². The van der Waals surface area contributed by atoms with Crippen LogP contribution in [-0.4, -0.2) is 49.8 Å². The zero-order chi connectivity index (χ0) is 14.5. The lowest BCUT2D eigenvalue weighted by Gasteiger charge is -2.27. The normalized spacial score (nSPS) is 13.3. The van der Waals surface area contributed by atoms with Gasteiger partial charge in [0.25, 0.3) is 0 Å². The van der Waals surface area contributed by atoms with Crippen molar-refractivity contribution >= 4 is 20.1 Å².